The molecule has 0 unspecified atom stereocenters. The quantitative estimate of drug-likeness (QED) is 0.585. The normalized spacial score (nSPS) is 9.67. The summed E-state index contributed by atoms with van der Waals surface area (Å²) in [6, 6.07) is 4.01. The number of rotatable bonds is 2. The Balaban J connectivity index is 2.93. The first-order valence-corrected chi connectivity index (χ1v) is 3.39. The maximum absolute atomic E-state index is 10.5. The van der Waals surface area contributed by atoms with Crippen molar-refractivity contribution in [2.75, 3.05) is 0 Å². The Hall–Kier alpha value is -1.71. The number of nitrogens with two attached hydrogens (primary N) is 1. The highest BCUT2D eigenvalue weighted by Crippen LogP contribution is 2.22. The molecule has 0 saturated heterocycles. The maximum Gasteiger partial charge on any atom is 0.221 e. The average Bonchev–Trinajstić information content (AvgIpc) is 1.94. The van der Waals surface area contributed by atoms with Crippen molar-refractivity contribution in [3.05, 3.63) is 23.8 Å². The molecule has 0 heterocycles. The van der Waals surface area contributed by atoms with Crippen LogP contribution in [0.2, 0.25) is 0 Å². The molecule has 1 aromatic carbocycles. The number of amides is 1. The zero-order chi connectivity index (χ0) is 9.14. The van der Waals surface area contributed by atoms with Gasteiger partial charge in [0.2, 0.25) is 5.91 Å². The second-order valence-corrected chi connectivity index (χ2v) is 2.46. The van der Waals surface area contributed by atoms with Gasteiger partial charge in [-0.15, -0.1) is 0 Å². The molecule has 0 aliphatic rings. The lowest BCUT2D eigenvalue weighted by atomic mass is 10.1. The van der Waals surface area contributed by atoms with Crippen LogP contribution in [0.3, 0.4) is 0 Å². The summed E-state index contributed by atoms with van der Waals surface area (Å²) >= 11 is 0. The molecule has 1 aromatic rings. The monoisotopic (exact) mass is 167 g/mol. The molecular formula is C8H9NO3. The van der Waals surface area contributed by atoms with Gasteiger partial charge < -0.3 is 15.9 Å². The first-order valence-electron chi connectivity index (χ1n) is 3.39. The highest BCUT2D eigenvalue weighted by molar-refractivity contribution is 5.77. The summed E-state index contributed by atoms with van der Waals surface area (Å²) in [6.07, 6.45) is -0.0217. The summed E-state index contributed by atoms with van der Waals surface area (Å²) in [7, 11) is 0. The summed E-state index contributed by atoms with van der Waals surface area (Å²) in [6.45, 7) is 0. The number of phenols is 2. The van der Waals surface area contributed by atoms with Gasteiger partial charge in [-0.3, -0.25) is 4.79 Å². The van der Waals surface area contributed by atoms with E-state index in [-0.39, 0.29) is 17.9 Å². The van der Waals surface area contributed by atoms with Crippen LogP contribution in [0.15, 0.2) is 18.2 Å². The zero-order valence-electron chi connectivity index (χ0n) is 6.32. The fraction of sp³-hybridized carbons (Fsp3) is 0.125. The van der Waals surface area contributed by atoms with Gasteiger partial charge in [0.25, 0.3) is 0 Å². The highest BCUT2D eigenvalue weighted by atomic mass is 16.3. The zero-order valence-corrected chi connectivity index (χ0v) is 6.32. The number of phenolic OH excluding ortho intramolecular Hbond substituents is 2. The Kier molecular flexibility index (Phi) is 2.19. The Morgan fingerprint density at radius 2 is 2.08 bits per heavy atom. The molecule has 4 nitrogen and oxygen atoms in total. The van der Waals surface area contributed by atoms with Crippen LogP contribution in [0.1, 0.15) is 5.56 Å². The first kappa shape index (κ1) is 8.39. The Morgan fingerprint density at radius 3 is 2.58 bits per heavy atom. The van der Waals surface area contributed by atoms with Crippen LogP contribution in [-0.2, 0) is 11.2 Å². The minimum atomic E-state index is -0.518. The van der Waals surface area contributed by atoms with Gasteiger partial charge >= 0.3 is 0 Å². The van der Waals surface area contributed by atoms with Crippen molar-refractivity contribution in [3.8, 4) is 11.5 Å². The number of hydrogen-bond acceptors (Lipinski definition) is 3. The second kappa shape index (κ2) is 3.13. The molecule has 0 bridgehead atoms. The van der Waals surface area contributed by atoms with Crippen LogP contribution in [-0.4, -0.2) is 16.1 Å². The smallest absolute Gasteiger partial charge is 0.221 e. The molecule has 0 spiro atoms. The number of primary amides is 1. The van der Waals surface area contributed by atoms with Crippen LogP contribution in [0.4, 0.5) is 0 Å². The van der Waals surface area contributed by atoms with Gasteiger partial charge in [0.05, 0.1) is 6.42 Å². The van der Waals surface area contributed by atoms with Crippen LogP contribution in [0.5, 0.6) is 11.5 Å². The molecule has 0 aliphatic carbocycles. The maximum atomic E-state index is 10.5. The number of carbonyl (C=O) groups excluding carboxylic acids is 1. The molecule has 0 atom stereocenters. The lowest BCUT2D eigenvalue weighted by Gasteiger charge is -2.01. The Morgan fingerprint density at radius 1 is 1.42 bits per heavy atom. The fourth-order valence-corrected chi connectivity index (χ4v) is 0.889. The standard InChI is InChI=1S/C8H9NO3/c9-8(12)3-5-1-2-6(10)4-7(5)11/h1-2,4,10-11H,3H2,(H2,9,12). The number of hydrogen-bond donors (Lipinski definition) is 3. The molecule has 1 rings (SSSR count). The van der Waals surface area contributed by atoms with Crippen molar-refractivity contribution in [2.24, 2.45) is 5.73 Å². The summed E-state index contributed by atoms with van der Waals surface area (Å²) in [4.78, 5) is 10.5. The van der Waals surface area contributed by atoms with E-state index in [0.717, 1.165) is 6.07 Å². The Bertz CT molecular complexity index is 309. The third-order valence-corrected chi connectivity index (χ3v) is 1.43. The molecule has 1 amide bonds. The number of benzene rings is 1. The van der Waals surface area contributed by atoms with Crippen LogP contribution >= 0.6 is 0 Å². The second-order valence-electron chi connectivity index (χ2n) is 2.46. The van der Waals surface area contributed by atoms with Gasteiger partial charge in [-0.25, -0.2) is 0 Å². The summed E-state index contributed by atoms with van der Waals surface area (Å²) in [5, 5.41) is 18.1. The topological polar surface area (TPSA) is 83.6 Å². The molecule has 64 valence electrons. The minimum Gasteiger partial charge on any atom is -0.508 e. The average molecular weight is 167 g/mol. The third kappa shape index (κ3) is 1.88. The summed E-state index contributed by atoms with van der Waals surface area (Å²) < 4.78 is 0. The molecule has 12 heavy (non-hydrogen) atoms. The van der Waals surface area contributed by atoms with Gasteiger partial charge in [-0.05, 0) is 6.07 Å². The molecule has 0 aromatic heterocycles. The largest absolute Gasteiger partial charge is 0.508 e. The van der Waals surface area contributed by atoms with Crippen molar-refractivity contribution in [2.45, 2.75) is 6.42 Å². The van der Waals surface area contributed by atoms with Crippen molar-refractivity contribution in [1.82, 2.24) is 0 Å². The van der Waals surface area contributed by atoms with E-state index < -0.39 is 5.91 Å². The van der Waals surface area contributed by atoms with Gasteiger partial charge in [-0.1, -0.05) is 6.07 Å². The van der Waals surface area contributed by atoms with Crippen molar-refractivity contribution in [3.63, 3.8) is 0 Å². The van der Waals surface area contributed by atoms with Crippen molar-refractivity contribution in [1.29, 1.82) is 0 Å². The molecule has 0 saturated carbocycles. The number of carbonyl (C=O) groups is 1. The highest BCUT2D eigenvalue weighted by Gasteiger charge is 2.04. The van der Waals surface area contributed by atoms with E-state index in [9.17, 15) is 9.90 Å². The first-order chi connectivity index (χ1) is 5.59. The molecule has 4 N–H and O–H groups in total. The van der Waals surface area contributed by atoms with Gasteiger partial charge in [0.15, 0.2) is 0 Å². The Labute approximate surface area is 69.3 Å². The SMILES string of the molecule is NC(=O)Cc1ccc(O)cc1O. The summed E-state index contributed by atoms with van der Waals surface area (Å²) in [5.41, 5.74) is 5.34. The van der Waals surface area contributed by atoms with Crippen LogP contribution in [0.25, 0.3) is 0 Å². The van der Waals surface area contributed by atoms with Gasteiger partial charge in [0.1, 0.15) is 11.5 Å². The van der Waals surface area contributed by atoms with Gasteiger partial charge in [-0.2, -0.15) is 0 Å². The van der Waals surface area contributed by atoms with Crippen LogP contribution < -0.4 is 5.73 Å². The van der Waals surface area contributed by atoms with Gasteiger partial charge in [0, 0.05) is 11.6 Å². The van der Waals surface area contributed by atoms with E-state index in [0.29, 0.717) is 5.56 Å². The van der Waals surface area contributed by atoms with Crippen molar-refractivity contribution < 1.29 is 15.0 Å². The molecule has 0 radical (unpaired) electrons. The molecule has 0 fully saturated rings. The van der Waals surface area contributed by atoms with Crippen LogP contribution in [0, 0.1) is 0 Å². The summed E-state index contributed by atoms with van der Waals surface area (Å²) in [5.74, 6) is -0.675. The fourth-order valence-electron chi connectivity index (χ4n) is 0.889. The predicted octanol–water partition coefficient (Wildman–Crippen LogP) is 0.126. The van der Waals surface area contributed by atoms with Crippen molar-refractivity contribution >= 4 is 5.91 Å². The van der Waals surface area contributed by atoms with E-state index >= 15 is 0 Å². The lowest BCUT2D eigenvalue weighted by Crippen LogP contribution is -2.13. The lowest BCUT2D eigenvalue weighted by molar-refractivity contribution is -0.117. The van der Waals surface area contributed by atoms with E-state index in [1.54, 1.807) is 0 Å². The molecule has 0 aliphatic heterocycles. The van der Waals surface area contributed by atoms with E-state index in [4.69, 9.17) is 10.8 Å². The van der Waals surface area contributed by atoms with E-state index in [1.807, 2.05) is 0 Å². The third-order valence-electron chi connectivity index (χ3n) is 1.43. The molecule has 4 heteroatoms. The molecular weight excluding hydrogens is 158 g/mol. The minimum absolute atomic E-state index is 0.0217. The predicted molar refractivity (Wildman–Crippen MR) is 42.7 cm³/mol. The van der Waals surface area contributed by atoms with E-state index in [1.165, 1.54) is 12.1 Å². The van der Waals surface area contributed by atoms with E-state index in [2.05, 4.69) is 0 Å². The number of aromatic hydroxyl groups is 2.